The molecule has 18 heavy (non-hydrogen) atoms. The summed E-state index contributed by atoms with van der Waals surface area (Å²) >= 11 is 0. The summed E-state index contributed by atoms with van der Waals surface area (Å²) in [5.74, 6) is 0.854. The lowest BCUT2D eigenvalue weighted by atomic mass is 10.4. The number of methoxy groups -OCH3 is 1. The fourth-order valence-electron chi connectivity index (χ4n) is 1.53. The number of ether oxygens (including phenoxy) is 1. The van der Waals surface area contributed by atoms with Crippen molar-refractivity contribution in [3.63, 3.8) is 0 Å². The SMILES string of the molecule is CCCNCc1nccn1CC(=O)NCCOC. The topological polar surface area (TPSA) is 68.2 Å². The highest BCUT2D eigenvalue weighted by atomic mass is 16.5. The summed E-state index contributed by atoms with van der Waals surface area (Å²) in [7, 11) is 1.61. The molecule has 1 aromatic heterocycles. The van der Waals surface area contributed by atoms with E-state index in [2.05, 4.69) is 22.5 Å². The van der Waals surface area contributed by atoms with Crippen LogP contribution < -0.4 is 10.6 Å². The number of nitrogens with one attached hydrogen (secondary N) is 2. The van der Waals surface area contributed by atoms with E-state index in [-0.39, 0.29) is 5.91 Å². The molecule has 0 spiro atoms. The van der Waals surface area contributed by atoms with Gasteiger partial charge in [0.05, 0.1) is 13.2 Å². The number of nitrogens with zero attached hydrogens (tertiary/aromatic N) is 2. The second-order valence-corrected chi connectivity index (χ2v) is 3.99. The molecular formula is C12H22N4O2. The summed E-state index contributed by atoms with van der Waals surface area (Å²) in [5.41, 5.74) is 0. The van der Waals surface area contributed by atoms with Gasteiger partial charge in [-0.1, -0.05) is 6.92 Å². The third-order valence-electron chi connectivity index (χ3n) is 2.45. The molecule has 0 fully saturated rings. The average molecular weight is 254 g/mol. The highest BCUT2D eigenvalue weighted by Gasteiger charge is 2.06. The molecule has 0 radical (unpaired) electrons. The van der Waals surface area contributed by atoms with E-state index >= 15 is 0 Å². The lowest BCUT2D eigenvalue weighted by Crippen LogP contribution is -2.31. The predicted molar refractivity (Wildman–Crippen MR) is 69.1 cm³/mol. The monoisotopic (exact) mass is 254 g/mol. The average Bonchev–Trinajstić information content (AvgIpc) is 2.77. The van der Waals surface area contributed by atoms with Gasteiger partial charge in [-0.3, -0.25) is 4.79 Å². The summed E-state index contributed by atoms with van der Waals surface area (Å²) in [6.07, 6.45) is 4.61. The Kier molecular flexibility index (Phi) is 7.05. The summed E-state index contributed by atoms with van der Waals surface area (Å²) < 4.78 is 6.72. The van der Waals surface area contributed by atoms with Crippen LogP contribution in [0.2, 0.25) is 0 Å². The van der Waals surface area contributed by atoms with Gasteiger partial charge in [-0.15, -0.1) is 0 Å². The van der Waals surface area contributed by atoms with Gasteiger partial charge in [-0.05, 0) is 13.0 Å². The number of hydrogen-bond donors (Lipinski definition) is 2. The zero-order valence-corrected chi connectivity index (χ0v) is 11.1. The second kappa shape index (κ2) is 8.66. The van der Waals surface area contributed by atoms with Gasteiger partial charge in [0, 0.05) is 26.0 Å². The van der Waals surface area contributed by atoms with Crippen molar-refractivity contribution < 1.29 is 9.53 Å². The number of rotatable bonds is 9. The van der Waals surface area contributed by atoms with Crippen LogP contribution >= 0.6 is 0 Å². The maximum absolute atomic E-state index is 11.6. The Balaban J connectivity index is 2.36. The van der Waals surface area contributed by atoms with E-state index in [0.717, 1.165) is 18.8 Å². The van der Waals surface area contributed by atoms with Crippen molar-refractivity contribution in [1.29, 1.82) is 0 Å². The van der Waals surface area contributed by atoms with Crippen LogP contribution in [-0.2, 0) is 22.6 Å². The maximum Gasteiger partial charge on any atom is 0.240 e. The van der Waals surface area contributed by atoms with E-state index in [1.165, 1.54) is 0 Å². The molecule has 2 N–H and O–H groups in total. The van der Waals surface area contributed by atoms with Crippen molar-refractivity contribution >= 4 is 5.91 Å². The van der Waals surface area contributed by atoms with E-state index in [0.29, 0.717) is 26.2 Å². The van der Waals surface area contributed by atoms with Gasteiger partial charge in [-0.25, -0.2) is 4.98 Å². The highest BCUT2D eigenvalue weighted by molar-refractivity contribution is 5.75. The molecule has 6 heteroatoms. The van der Waals surface area contributed by atoms with E-state index < -0.39 is 0 Å². The fourth-order valence-corrected chi connectivity index (χ4v) is 1.53. The normalized spacial score (nSPS) is 10.6. The largest absolute Gasteiger partial charge is 0.383 e. The molecule has 1 amide bonds. The predicted octanol–water partition coefficient (Wildman–Crippen LogP) is 0.145. The molecule has 0 bridgehead atoms. The molecule has 1 heterocycles. The van der Waals surface area contributed by atoms with Gasteiger partial charge >= 0.3 is 0 Å². The summed E-state index contributed by atoms with van der Waals surface area (Å²) in [6.45, 7) is 5.11. The van der Waals surface area contributed by atoms with E-state index in [4.69, 9.17) is 4.74 Å². The van der Waals surface area contributed by atoms with Gasteiger partial charge in [0.1, 0.15) is 12.4 Å². The number of amides is 1. The Hall–Kier alpha value is -1.40. The first-order valence-electron chi connectivity index (χ1n) is 6.24. The maximum atomic E-state index is 11.6. The summed E-state index contributed by atoms with van der Waals surface area (Å²) in [6, 6.07) is 0. The first-order chi connectivity index (χ1) is 8.77. The Morgan fingerprint density at radius 3 is 3.06 bits per heavy atom. The van der Waals surface area contributed by atoms with Gasteiger partial charge in [0.25, 0.3) is 0 Å². The third kappa shape index (κ3) is 5.29. The first-order valence-corrected chi connectivity index (χ1v) is 6.24. The lowest BCUT2D eigenvalue weighted by Gasteiger charge is -2.09. The van der Waals surface area contributed by atoms with Crippen LogP contribution in [0.5, 0.6) is 0 Å². The third-order valence-corrected chi connectivity index (χ3v) is 2.45. The van der Waals surface area contributed by atoms with Crippen LogP contribution in [0.3, 0.4) is 0 Å². The first kappa shape index (κ1) is 14.7. The molecular weight excluding hydrogens is 232 g/mol. The number of hydrogen-bond acceptors (Lipinski definition) is 4. The van der Waals surface area contributed by atoms with Crippen LogP contribution in [0.1, 0.15) is 19.2 Å². The van der Waals surface area contributed by atoms with Crippen LogP contribution in [0, 0.1) is 0 Å². The highest BCUT2D eigenvalue weighted by Crippen LogP contribution is 1.97. The zero-order valence-electron chi connectivity index (χ0n) is 11.1. The number of aromatic nitrogens is 2. The molecule has 0 aromatic carbocycles. The van der Waals surface area contributed by atoms with E-state index in [1.807, 2.05) is 10.8 Å². The molecule has 1 aromatic rings. The molecule has 0 atom stereocenters. The van der Waals surface area contributed by atoms with Gasteiger partial charge in [-0.2, -0.15) is 0 Å². The molecule has 0 aliphatic carbocycles. The smallest absolute Gasteiger partial charge is 0.240 e. The van der Waals surface area contributed by atoms with Crippen molar-refractivity contribution in [3.05, 3.63) is 18.2 Å². The molecule has 0 aliphatic rings. The fraction of sp³-hybridized carbons (Fsp3) is 0.667. The Morgan fingerprint density at radius 2 is 2.33 bits per heavy atom. The van der Waals surface area contributed by atoms with Gasteiger partial charge < -0.3 is 19.9 Å². The zero-order chi connectivity index (χ0) is 13.2. The van der Waals surface area contributed by atoms with Crippen LogP contribution in [-0.4, -0.2) is 42.3 Å². The number of carbonyl (C=O) groups excluding carboxylic acids is 1. The second-order valence-electron chi connectivity index (χ2n) is 3.99. The summed E-state index contributed by atoms with van der Waals surface area (Å²) in [4.78, 5) is 15.9. The molecule has 6 nitrogen and oxygen atoms in total. The minimum atomic E-state index is -0.0261. The standard InChI is InChI=1S/C12H22N4O2/c1-3-4-13-9-11-14-5-7-16(11)10-12(17)15-6-8-18-2/h5,7,13H,3-4,6,8-10H2,1-2H3,(H,15,17). The van der Waals surface area contributed by atoms with E-state index in [9.17, 15) is 4.79 Å². The minimum Gasteiger partial charge on any atom is -0.383 e. The van der Waals surface area contributed by atoms with Gasteiger partial charge in [0.15, 0.2) is 0 Å². The molecule has 0 unspecified atom stereocenters. The molecule has 1 rings (SSSR count). The van der Waals surface area contributed by atoms with Crippen LogP contribution in [0.4, 0.5) is 0 Å². The van der Waals surface area contributed by atoms with Crippen molar-refractivity contribution in [3.8, 4) is 0 Å². The van der Waals surface area contributed by atoms with E-state index in [1.54, 1.807) is 13.3 Å². The van der Waals surface area contributed by atoms with Crippen molar-refractivity contribution in [2.24, 2.45) is 0 Å². The summed E-state index contributed by atoms with van der Waals surface area (Å²) in [5, 5.41) is 6.05. The Labute approximate surface area is 108 Å². The minimum absolute atomic E-state index is 0.0261. The molecule has 0 saturated carbocycles. The molecule has 0 saturated heterocycles. The van der Waals surface area contributed by atoms with Crippen molar-refractivity contribution in [1.82, 2.24) is 20.2 Å². The quantitative estimate of drug-likeness (QED) is 0.615. The van der Waals surface area contributed by atoms with Gasteiger partial charge in [0.2, 0.25) is 5.91 Å². The van der Waals surface area contributed by atoms with Crippen molar-refractivity contribution in [2.45, 2.75) is 26.4 Å². The Morgan fingerprint density at radius 1 is 1.50 bits per heavy atom. The molecule has 102 valence electrons. The van der Waals surface area contributed by atoms with Crippen LogP contribution in [0.25, 0.3) is 0 Å². The number of carbonyl (C=O) groups is 1. The van der Waals surface area contributed by atoms with Crippen molar-refractivity contribution in [2.75, 3.05) is 26.8 Å². The molecule has 0 aliphatic heterocycles. The lowest BCUT2D eigenvalue weighted by molar-refractivity contribution is -0.121. The van der Waals surface area contributed by atoms with Crippen LogP contribution in [0.15, 0.2) is 12.4 Å². The Bertz CT molecular complexity index is 352. The number of imidazole rings is 1.